The number of likely N-dealkylation sites (tertiary alicyclic amines) is 1. The molecule has 5 nitrogen and oxygen atoms in total. The number of carbonyl (C=O) groups excluding carboxylic acids is 2. The third kappa shape index (κ3) is 4.41. The SMILES string of the molecule is COC(C(=O)N1C[C@@H](CNC(=O)CC(C)(C)C2CC2)[C@H](C)C1)C1CCC1. The first-order chi connectivity index (χ1) is 12.3. The number of nitrogens with zero attached hydrogens (tertiary/aromatic N) is 1. The van der Waals surface area contributed by atoms with Crippen LogP contribution in [-0.2, 0) is 14.3 Å². The predicted molar refractivity (Wildman–Crippen MR) is 102 cm³/mol. The zero-order valence-corrected chi connectivity index (χ0v) is 16.9. The summed E-state index contributed by atoms with van der Waals surface area (Å²) < 4.78 is 5.52. The summed E-state index contributed by atoms with van der Waals surface area (Å²) in [6.07, 6.45) is 6.27. The summed E-state index contributed by atoms with van der Waals surface area (Å²) in [5.74, 6) is 2.16. The van der Waals surface area contributed by atoms with Crippen LogP contribution in [0.2, 0.25) is 0 Å². The summed E-state index contributed by atoms with van der Waals surface area (Å²) in [6.45, 7) is 8.77. The fourth-order valence-corrected chi connectivity index (χ4v) is 4.63. The lowest BCUT2D eigenvalue weighted by Gasteiger charge is -2.34. The Labute approximate surface area is 158 Å². The molecule has 3 fully saturated rings. The van der Waals surface area contributed by atoms with Gasteiger partial charge in [-0.3, -0.25) is 9.59 Å². The molecule has 0 radical (unpaired) electrons. The lowest BCUT2D eigenvalue weighted by Crippen LogP contribution is -2.45. The second kappa shape index (κ2) is 7.87. The minimum atomic E-state index is -0.274. The quantitative estimate of drug-likeness (QED) is 0.720. The Hall–Kier alpha value is -1.10. The van der Waals surface area contributed by atoms with E-state index in [1.165, 1.54) is 19.3 Å². The third-order valence-corrected chi connectivity index (χ3v) is 7.02. The Bertz CT molecular complexity index is 525. The molecule has 3 rings (SSSR count). The van der Waals surface area contributed by atoms with E-state index in [9.17, 15) is 9.59 Å². The molecule has 0 bridgehead atoms. The van der Waals surface area contributed by atoms with Gasteiger partial charge in [0.15, 0.2) is 0 Å². The topological polar surface area (TPSA) is 58.6 Å². The first kappa shape index (κ1) is 19.7. The molecule has 3 aliphatic rings. The van der Waals surface area contributed by atoms with Crippen molar-refractivity contribution < 1.29 is 14.3 Å². The van der Waals surface area contributed by atoms with Crippen molar-refractivity contribution in [2.75, 3.05) is 26.7 Å². The number of hydrogen-bond acceptors (Lipinski definition) is 3. The van der Waals surface area contributed by atoms with Crippen LogP contribution >= 0.6 is 0 Å². The normalized spacial score (nSPS) is 27.9. The standard InChI is InChI=1S/C21H36N2O3/c1-14-12-23(20(25)19(26-4)15-6-5-7-15)13-16(14)11-22-18(24)10-21(2,3)17-8-9-17/h14-17,19H,5-13H2,1-4H3,(H,22,24)/t14-,16-,19?/m1/s1. The molecule has 0 aromatic carbocycles. The van der Waals surface area contributed by atoms with Gasteiger partial charge in [-0.2, -0.15) is 0 Å². The van der Waals surface area contributed by atoms with Crippen molar-refractivity contribution in [3.05, 3.63) is 0 Å². The Morgan fingerprint density at radius 3 is 2.42 bits per heavy atom. The van der Waals surface area contributed by atoms with Crippen LogP contribution in [0, 0.1) is 29.1 Å². The highest BCUT2D eigenvalue weighted by atomic mass is 16.5. The van der Waals surface area contributed by atoms with E-state index in [-0.39, 0.29) is 23.3 Å². The van der Waals surface area contributed by atoms with E-state index in [0.717, 1.165) is 25.9 Å². The molecule has 0 aromatic heterocycles. The second-order valence-electron chi connectivity index (χ2n) is 9.57. The molecule has 0 spiro atoms. The van der Waals surface area contributed by atoms with Gasteiger partial charge in [0.1, 0.15) is 6.10 Å². The van der Waals surface area contributed by atoms with Crippen LogP contribution in [0.1, 0.15) is 59.3 Å². The van der Waals surface area contributed by atoms with Crippen LogP contribution in [0.3, 0.4) is 0 Å². The number of carbonyl (C=O) groups is 2. The van der Waals surface area contributed by atoms with E-state index in [1.807, 2.05) is 4.90 Å². The van der Waals surface area contributed by atoms with Gasteiger partial charge in [0, 0.05) is 33.2 Å². The third-order valence-electron chi connectivity index (χ3n) is 7.02. The van der Waals surface area contributed by atoms with Gasteiger partial charge < -0.3 is 15.0 Å². The number of methoxy groups -OCH3 is 1. The second-order valence-corrected chi connectivity index (χ2v) is 9.57. The lowest BCUT2D eigenvalue weighted by atomic mass is 9.80. The number of rotatable bonds is 8. The van der Waals surface area contributed by atoms with Gasteiger partial charge in [-0.15, -0.1) is 0 Å². The summed E-state index contributed by atoms with van der Waals surface area (Å²) in [5.41, 5.74) is 0.113. The summed E-state index contributed by atoms with van der Waals surface area (Å²) in [4.78, 5) is 27.1. The van der Waals surface area contributed by atoms with Crippen molar-refractivity contribution in [2.45, 2.75) is 65.4 Å². The fourth-order valence-electron chi connectivity index (χ4n) is 4.63. The minimum Gasteiger partial charge on any atom is -0.371 e. The molecule has 3 atom stereocenters. The van der Waals surface area contributed by atoms with E-state index in [2.05, 4.69) is 26.1 Å². The van der Waals surface area contributed by atoms with Crippen LogP contribution in [0.15, 0.2) is 0 Å². The Morgan fingerprint density at radius 1 is 1.19 bits per heavy atom. The molecule has 2 saturated carbocycles. The van der Waals surface area contributed by atoms with E-state index in [1.54, 1.807) is 7.11 Å². The minimum absolute atomic E-state index is 0.113. The maximum Gasteiger partial charge on any atom is 0.251 e. The highest BCUT2D eigenvalue weighted by molar-refractivity contribution is 5.81. The van der Waals surface area contributed by atoms with Crippen molar-refractivity contribution in [3.63, 3.8) is 0 Å². The molecule has 2 aliphatic carbocycles. The molecule has 1 saturated heterocycles. The van der Waals surface area contributed by atoms with Crippen molar-refractivity contribution in [1.29, 1.82) is 0 Å². The largest absolute Gasteiger partial charge is 0.371 e. The summed E-state index contributed by atoms with van der Waals surface area (Å²) in [6, 6.07) is 0. The number of ether oxygens (including phenoxy) is 1. The Kier molecular flexibility index (Phi) is 5.95. The summed E-state index contributed by atoms with van der Waals surface area (Å²) in [5, 5.41) is 3.13. The average molecular weight is 365 g/mol. The molecule has 148 valence electrons. The predicted octanol–water partition coefficient (Wildman–Crippen LogP) is 2.84. The molecule has 2 amide bonds. The van der Waals surface area contributed by atoms with Gasteiger partial charge in [-0.1, -0.05) is 27.2 Å². The molecular weight excluding hydrogens is 328 g/mol. The van der Waals surface area contributed by atoms with Gasteiger partial charge in [0.25, 0.3) is 5.91 Å². The number of nitrogens with one attached hydrogen (secondary N) is 1. The van der Waals surface area contributed by atoms with Crippen LogP contribution in [0.25, 0.3) is 0 Å². The summed E-state index contributed by atoms with van der Waals surface area (Å²) in [7, 11) is 1.65. The van der Waals surface area contributed by atoms with Crippen molar-refractivity contribution in [3.8, 4) is 0 Å². The molecule has 1 heterocycles. The van der Waals surface area contributed by atoms with Crippen LogP contribution < -0.4 is 5.32 Å². The number of hydrogen-bond donors (Lipinski definition) is 1. The van der Waals surface area contributed by atoms with E-state index >= 15 is 0 Å². The van der Waals surface area contributed by atoms with Crippen LogP contribution in [0.4, 0.5) is 0 Å². The molecule has 1 unspecified atom stereocenters. The first-order valence-corrected chi connectivity index (χ1v) is 10.4. The van der Waals surface area contributed by atoms with Gasteiger partial charge >= 0.3 is 0 Å². The Morgan fingerprint density at radius 2 is 1.88 bits per heavy atom. The van der Waals surface area contributed by atoms with Crippen LogP contribution in [0.5, 0.6) is 0 Å². The highest BCUT2D eigenvalue weighted by Crippen LogP contribution is 2.47. The maximum atomic E-state index is 12.8. The molecule has 0 aromatic rings. The van der Waals surface area contributed by atoms with Crippen molar-refractivity contribution >= 4 is 11.8 Å². The average Bonchev–Trinajstić information content (AvgIpc) is 3.32. The van der Waals surface area contributed by atoms with E-state index in [0.29, 0.717) is 36.6 Å². The number of amides is 2. The molecule has 1 aliphatic heterocycles. The smallest absolute Gasteiger partial charge is 0.251 e. The van der Waals surface area contributed by atoms with Crippen molar-refractivity contribution in [1.82, 2.24) is 10.2 Å². The van der Waals surface area contributed by atoms with Crippen molar-refractivity contribution in [2.24, 2.45) is 29.1 Å². The fraction of sp³-hybridized carbons (Fsp3) is 0.905. The Balaban J connectivity index is 1.46. The first-order valence-electron chi connectivity index (χ1n) is 10.4. The van der Waals surface area contributed by atoms with Gasteiger partial charge in [-0.05, 0) is 54.8 Å². The molecule has 5 heteroatoms. The lowest BCUT2D eigenvalue weighted by molar-refractivity contribution is -0.146. The zero-order valence-electron chi connectivity index (χ0n) is 16.9. The summed E-state index contributed by atoms with van der Waals surface area (Å²) >= 11 is 0. The molecule has 26 heavy (non-hydrogen) atoms. The molecule has 1 N–H and O–H groups in total. The van der Waals surface area contributed by atoms with Gasteiger partial charge in [-0.25, -0.2) is 0 Å². The van der Waals surface area contributed by atoms with Crippen LogP contribution in [-0.4, -0.2) is 49.6 Å². The maximum absolute atomic E-state index is 12.8. The van der Waals surface area contributed by atoms with Gasteiger partial charge in [0.05, 0.1) is 0 Å². The van der Waals surface area contributed by atoms with E-state index < -0.39 is 0 Å². The van der Waals surface area contributed by atoms with Gasteiger partial charge in [0.2, 0.25) is 5.91 Å². The van der Waals surface area contributed by atoms with E-state index in [4.69, 9.17) is 4.74 Å². The zero-order chi connectivity index (χ0) is 18.9. The monoisotopic (exact) mass is 364 g/mol. The highest BCUT2D eigenvalue weighted by Gasteiger charge is 2.41. The molecular formula is C21H36N2O3.